The summed E-state index contributed by atoms with van der Waals surface area (Å²) in [7, 11) is 0. The molecule has 0 aliphatic carbocycles. The van der Waals surface area contributed by atoms with Crippen LogP contribution in [0.15, 0.2) is 24.5 Å². The van der Waals surface area contributed by atoms with Gasteiger partial charge in [0.25, 0.3) is 0 Å². The van der Waals surface area contributed by atoms with E-state index in [2.05, 4.69) is 11.8 Å². The Hall–Kier alpha value is -1.53. The molecule has 3 heteroatoms. The van der Waals surface area contributed by atoms with Gasteiger partial charge in [-0.15, -0.1) is 0 Å². The Morgan fingerprint density at radius 3 is 3.09 bits per heavy atom. The van der Waals surface area contributed by atoms with Crippen molar-refractivity contribution in [3.05, 3.63) is 35.3 Å². The predicted molar refractivity (Wildman–Crippen MR) is 39.4 cm³/mol. The van der Waals surface area contributed by atoms with Crippen LogP contribution in [0.1, 0.15) is 5.56 Å². The Bertz CT molecular complexity index is 298. The lowest BCUT2D eigenvalue weighted by Crippen LogP contribution is -2.24. The highest BCUT2D eigenvalue weighted by molar-refractivity contribution is 5.29. The van der Waals surface area contributed by atoms with Gasteiger partial charge >= 0.3 is 0 Å². The zero-order valence-corrected chi connectivity index (χ0v) is 5.82. The van der Waals surface area contributed by atoms with Crippen molar-refractivity contribution in [1.82, 2.24) is 0 Å². The first-order valence-corrected chi connectivity index (χ1v) is 3.11. The highest BCUT2D eigenvalue weighted by Gasteiger charge is 1.89. The summed E-state index contributed by atoms with van der Waals surface area (Å²) in [6.45, 7) is -0.187. The van der Waals surface area contributed by atoms with Crippen LogP contribution in [0.25, 0.3) is 0 Å². The molecule has 11 heavy (non-hydrogen) atoms. The minimum Gasteiger partial charge on any atom is -0.619 e. The van der Waals surface area contributed by atoms with Crippen molar-refractivity contribution in [2.75, 3.05) is 6.61 Å². The highest BCUT2D eigenvalue weighted by atomic mass is 16.5. The zero-order chi connectivity index (χ0) is 8.10. The van der Waals surface area contributed by atoms with Crippen LogP contribution in [0, 0.1) is 17.0 Å². The summed E-state index contributed by atoms with van der Waals surface area (Å²) >= 11 is 0. The number of hydrogen-bond donors (Lipinski definition) is 1. The van der Waals surface area contributed by atoms with Gasteiger partial charge in [-0.05, 0) is 6.07 Å². The first kappa shape index (κ1) is 7.58. The number of nitrogens with zero attached hydrogens (tertiary/aromatic N) is 1. The van der Waals surface area contributed by atoms with Gasteiger partial charge in [0.15, 0.2) is 12.4 Å². The van der Waals surface area contributed by atoms with Gasteiger partial charge in [0, 0.05) is 6.07 Å². The Balaban J connectivity index is 2.87. The number of rotatable bonds is 0. The molecule has 0 bridgehead atoms. The normalized spacial score (nSPS) is 8.45. The molecule has 0 aliphatic heterocycles. The largest absolute Gasteiger partial charge is 0.619 e. The Labute approximate surface area is 64.5 Å². The Morgan fingerprint density at radius 2 is 2.45 bits per heavy atom. The van der Waals surface area contributed by atoms with Gasteiger partial charge in [0.1, 0.15) is 6.61 Å². The van der Waals surface area contributed by atoms with Gasteiger partial charge in [-0.25, -0.2) is 0 Å². The minimum atomic E-state index is -0.187. The Morgan fingerprint density at radius 1 is 1.64 bits per heavy atom. The second kappa shape index (κ2) is 3.59. The van der Waals surface area contributed by atoms with Crippen LogP contribution < -0.4 is 4.73 Å². The topological polar surface area (TPSA) is 47.2 Å². The maximum Gasteiger partial charge on any atom is 0.195 e. The maximum atomic E-state index is 10.6. The molecule has 0 unspecified atom stereocenters. The first-order chi connectivity index (χ1) is 5.33. The van der Waals surface area contributed by atoms with Crippen LogP contribution in [0.5, 0.6) is 0 Å². The third-order valence-corrected chi connectivity index (χ3v) is 1.09. The van der Waals surface area contributed by atoms with Crippen molar-refractivity contribution in [3.8, 4) is 11.8 Å². The van der Waals surface area contributed by atoms with Crippen LogP contribution in [-0.2, 0) is 0 Å². The molecule has 1 aromatic rings. The smallest absolute Gasteiger partial charge is 0.195 e. The van der Waals surface area contributed by atoms with Gasteiger partial charge < -0.3 is 10.3 Å². The summed E-state index contributed by atoms with van der Waals surface area (Å²) in [5.41, 5.74) is 0.608. The minimum absolute atomic E-state index is 0.187. The van der Waals surface area contributed by atoms with Crippen molar-refractivity contribution in [3.63, 3.8) is 0 Å². The summed E-state index contributed by atoms with van der Waals surface area (Å²) in [4.78, 5) is 0. The van der Waals surface area contributed by atoms with Crippen molar-refractivity contribution in [2.24, 2.45) is 0 Å². The van der Waals surface area contributed by atoms with E-state index in [1.165, 1.54) is 12.4 Å². The molecule has 0 aromatic carbocycles. The van der Waals surface area contributed by atoms with E-state index in [0.717, 1.165) is 0 Å². The average Bonchev–Trinajstić information content (AvgIpc) is 2.01. The highest BCUT2D eigenvalue weighted by Crippen LogP contribution is 1.89. The summed E-state index contributed by atoms with van der Waals surface area (Å²) in [6, 6.07) is 3.31. The van der Waals surface area contributed by atoms with Gasteiger partial charge in [0.05, 0.1) is 5.56 Å². The predicted octanol–water partition coefficient (Wildman–Crippen LogP) is -0.336. The van der Waals surface area contributed by atoms with Crippen LogP contribution in [0.2, 0.25) is 0 Å². The third-order valence-electron chi connectivity index (χ3n) is 1.09. The number of aliphatic hydroxyl groups excluding tert-OH is 1. The molecule has 0 fully saturated rings. The second-order valence-electron chi connectivity index (χ2n) is 1.91. The monoisotopic (exact) mass is 149 g/mol. The molecule has 3 nitrogen and oxygen atoms in total. The van der Waals surface area contributed by atoms with Crippen LogP contribution in [0.3, 0.4) is 0 Å². The summed E-state index contributed by atoms with van der Waals surface area (Å²) in [5, 5.41) is 19.0. The average molecular weight is 149 g/mol. The lowest BCUT2D eigenvalue weighted by Gasteiger charge is -1.92. The van der Waals surface area contributed by atoms with Crippen molar-refractivity contribution < 1.29 is 9.84 Å². The summed E-state index contributed by atoms with van der Waals surface area (Å²) in [6.07, 6.45) is 2.73. The second-order valence-corrected chi connectivity index (χ2v) is 1.91. The molecule has 1 aromatic heterocycles. The van der Waals surface area contributed by atoms with E-state index in [-0.39, 0.29) is 6.61 Å². The van der Waals surface area contributed by atoms with Crippen LogP contribution in [-0.4, -0.2) is 11.7 Å². The lowest BCUT2D eigenvalue weighted by molar-refractivity contribution is -0.605. The molecular formula is C8H7NO2. The van der Waals surface area contributed by atoms with Crippen molar-refractivity contribution >= 4 is 0 Å². The fourth-order valence-corrected chi connectivity index (χ4v) is 0.670. The molecule has 56 valence electrons. The molecule has 1 heterocycles. The van der Waals surface area contributed by atoms with E-state index in [1.807, 2.05) is 0 Å². The molecule has 0 saturated carbocycles. The lowest BCUT2D eigenvalue weighted by atomic mass is 10.3. The quantitative estimate of drug-likeness (QED) is 0.312. The maximum absolute atomic E-state index is 10.6. The zero-order valence-electron chi connectivity index (χ0n) is 5.82. The molecule has 0 radical (unpaired) electrons. The van der Waals surface area contributed by atoms with E-state index in [1.54, 1.807) is 12.1 Å². The molecule has 0 saturated heterocycles. The third kappa shape index (κ3) is 2.28. The van der Waals surface area contributed by atoms with E-state index < -0.39 is 0 Å². The molecule has 0 amide bonds. The molecule has 0 atom stereocenters. The molecule has 1 N–H and O–H groups in total. The van der Waals surface area contributed by atoms with Crippen molar-refractivity contribution in [2.45, 2.75) is 0 Å². The fourth-order valence-electron chi connectivity index (χ4n) is 0.670. The molecule has 0 aliphatic rings. The van der Waals surface area contributed by atoms with Crippen LogP contribution >= 0.6 is 0 Å². The van der Waals surface area contributed by atoms with Gasteiger partial charge in [-0.3, -0.25) is 0 Å². The standard InChI is InChI=1S/C8H7NO2/c10-6-2-4-8-3-1-5-9(11)7-8/h1,3,5,7,10H,6H2. The Kier molecular flexibility index (Phi) is 2.47. The van der Waals surface area contributed by atoms with Gasteiger partial charge in [-0.2, -0.15) is 4.73 Å². The number of hydrogen-bond acceptors (Lipinski definition) is 2. The van der Waals surface area contributed by atoms with Gasteiger partial charge in [-0.1, -0.05) is 11.8 Å². The fraction of sp³-hybridized carbons (Fsp3) is 0.125. The number of aliphatic hydroxyl groups is 1. The summed E-state index contributed by atoms with van der Waals surface area (Å²) < 4.78 is 0.668. The molecule has 1 rings (SSSR count). The van der Waals surface area contributed by atoms with Crippen LogP contribution in [0.4, 0.5) is 0 Å². The summed E-state index contributed by atoms with van der Waals surface area (Å²) in [5.74, 6) is 5.06. The molecule has 0 spiro atoms. The van der Waals surface area contributed by atoms with E-state index in [0.29, 0.717) is 10.3 Å². The number of pyridine rings is 1. The van der Waals surface area contributed by atoms with E-state index in [9.17, 15) is 5.21 Å². The van der Waals surface area contributed by atoms with Crippen molar-refractivity contribution in [1.29, 1.82) is 0 Å². The van der Waals surface area contributed by atoms with E-state index >= 15 is 0 Å². The SMILES string of the molecule is [O-][n+]1cccc(C#CCO)c1. The molecular weight excluding hydrogens is 142 g/mol. The first-order valence-electron chi connectivity index (χ1n) is 3.11. The van der Waals surface area contributed by atoms with Gasteiger partial charge in [0.2, 0.25) is 0 Å². The number of aromatic nitrogens is 1. The van der Waals surface area contributed by atoms with E-state index in [4.69, 9.17) is 5.11 Å².